The molecule has 0 heterocycles. The summed E-state index contributed by atoms with van der Waals surface area (Å²) in [5.74, 6) is 0. The molecule has 0 fully saturated rings. The van der Waals surface area contributed by atoms with Crippen LogP contribution in [0.5, 0.6) is 0 Å². The maximum atomic E-state index is 7.54. The van der Waals surface area contributed by atoms with Crippen molar-refractivity contribution in [1.29, 1.82) is 0 Å². The van der Waals surface area contributed by atoms with Crippen molar-refractivity contribution in [1.82, 2.24) is 0 Å². The third-order valence-electron chi connectivity index (χ3n) is 7.64. The Hall–Kier alpha value is -2.16. The fourth-order valence-corrected chi connectivity index (χ4v) is 29.2. The van der Waals surface area contributed by atoms with Crippen molar-refractivity contribution in [2.24, 2.45) is 0 Å². The molecule has 0 atom stereocenters. The van der Waals surface area contributed by atoms with E-state index in [4.69, 9.17) is 12.3 Å². The van der Waals surface area contributed by atoms with Crippen LogP contribution in [0.3, 0.4) is 0 Å². The first-order chi connectivity index (χ1) is 19.7. The van der Waals surface area contributed by atoms with Crippen LogP contribution >= 0.6 is 0 Å². The van der Waals surface area contributed by atoms with E-state index in [0.717, 1.165) is 12.1 Å². The minimum atomic E-state index is -2.96. The topological polar surface area (TPSA) is 27.7 Å². The summed E-state index contributed by atoms with van der Waals surface area (Å²) < 4.78 is 22.2. The number of rotatable bonds is 13. The number of benzene rings is 4. The zero-order valence-corrected chi connectivity index (χ0v) is 31.7. The van der Waals surface area contributed by atoms with Gasteiger partial charge in [-0.2, -0.15) is 0 Å². The summed E-state index contributed by atoms with van der Waals surface area (Å²) >= 11 is 0. The fraction of sp³-hybridized carbons (Fsp3) is 0.294. The molecule has 42 heavy (non-hydrogen) atoms. The van der Waals surface area contributed by atoms with Crippen molar-refractivity contribution < 1.29 is 12.3 Å². The summed E-state index contributed by atoms with van der Waals surface area (Å²) in [6, 6.07) is 45.3. The molecule has 0 aliphatic carbocycles. The van der Waals surface area contributed by atoms with Crippen molar-refractivity contribution in [3.05, 3.63) is 121 Å². The van der Waals surface area contributed by atoms with Gasteiger partial charge in [-0.1, -0.05) is 121 Å². The maximum absolute atomic E-state index is 7.54. The fourth-order valence-electron chi connectivity index (χ4n) is 5.61. The Balaban J connectivity index is 1.64. The summed E-state index contributed by atoms with van der Waals surface area (Å²) in [6.07, 6.45) is 0. The van der Waals surface area contributed by atoms with E-state index in [0.29, 0.717) is 0 Å². The minimum Gasteiger partial charge on any atom is -0.449 e. The van der Waals surface area contributed by atoms with Crippen LogP contribution in [0, 0.1) is 0 Å². The van der Waals surface area contributed by atoms with Gasteiger partial charge < -0.3 is 12.3 Å². The molecule has 0 amide bonds. The van der Waals surface area contributed by atoms with E-state index in [-0.39, 0.29) is 0 Å². The third-order valence-corrected chi connectivity index (χ3v) is 26.9. The highest BCUT2D eigenvalue weighted by atomic mass is 28.5. The zero-order valence-electron chi connectivity index (χ0n) is 26.7. The van der Waals surface area contributed by atoms with E-state index in [1.165, 1.54) is 20.7 Å². The molecule has 0 spiro atoms. The van der Waals surface area contributed by atoms with Crippen LogP contribution in [0.1, 0.15) is 0 Å². The standard InChI is InChI=1S/C34H48O3Si5/c1-38(2,3)35-42(33-25-17-11-18-26-33,34-27-19-12-20-28-34)37-40(6,7)30-29-39(4,5)36-41(8,31-21-13-9-14-22-31)32-23-15-10-16-24-32/h9-28H,29-30H2,1-8H3. The van der Waals surface area contributed by atoms with Gasteiger partial charge in [0.05, 0.1) is 0 Å². The quantitative estimate of drug-likeness (QED) is 0.148. The zero-order chi connectivity index (χ0) is 30.5. The van der Waals surface area contributed by atoms with Gasteiger partial charge in [-0.25, -0.2) is 0 Å². The average Bonchev–Trinajstić information content (AvgIpc) is 2.97. The van der Waals surface area contributed by atoms with E-state index in [1.54, 1.807) is 0 Å². The van der Waals surface area contributed by atoms with Crippen molar-refractivity contribution >= 4 is 62.6 Å². The SMILES string of the molecule is C[Si](C)(C)O[Si](O[Si](C)(C)CC[Si](C)(C)O[Si](C)(c1ccccc1)c1ccccc1)(c1ccccc1)c1ccccc1. The van der Waals surface area contributed by atoms with Crippen LogP contribution in [-0.2, 0) is 12.3 Å². The van der Waals surface area contributed by atoms with Gasteiger partial charge in [0, 0.05) is 0 Å². The Bertz CT molecular complexity index is 1310. The van der Waals surface area contributed by atoms with Crippen molar-refractivity contribution in [3.8, 4) is 0 Å². The Morgan fingerprint density at radius 3 is 1.02 bits per heavy atom. The highest BCUT2D eigenvalue weighted by molar-refractivity contribution is 7.03. The van der Waals surface area contributed by atoms with Crippen LogP contribution in [0.15, 0.2) is 121 Å². The second kappa shape index (κ2) is 13.2. The molecule has 4 rings (SSSR count). The molecule has 0 N–H and O–H groups in total. The second-order valence-corrected chi connectivity index (χ2v) is 33.9. The molecule has 0 aromatic heterocycles. The van der Waals surface area contributed by atoms with Crippen molar-refractivity contribution in [2.45, 2.75) is 64.5 Å². The number of hydrogen-bond acceptors (Lipinski definition) is 3. The van der Waals surface area contributed by atoms with E-state index >= 15 is 0 Å². The Morgan fingerprint density at radius 1 is 0.381 bits per heavy atom. The highest BCUT2D eigenvalue weighted by Gasteiger charge is 2.50. The summed E-state index contributed by atoms with van der Waals surface area (Å²) in [5.41, 5.74) is 0. The average molecular weight is 645 g/mol. The molecule has 222 valence electrons. The minimum absolute atomic E-state index is 1.03. The van der Waals surface area contributed by atoms with Gasteiger partial charge in [-0.15, -0.1) is 0 Å². The molecular weight excluding hydrogens is 597 g/mol. The normalized spacial score (nSPS) is 13.2. The van der Waals surface area contributed by atoms with Gasteiger partial charge >= 0.3 is 8.56 Å². The largest absolute Gasteiger partial charge is 0.449 e. The van der Waals surface area contributed by atoms with Crippen LogP contribution < -0.4 is 20.7 Å². The van der Waals surface area contributed by atoms with Gasteiger partial charge in [0.15, 0.2) is 25.0 Å². The molecule has 0 aliphatic heterocycles. The first-order valence-corrected chi connectivity index (χ1v) is 28.9. The molecule has 0 saturated heterocycles. The van der Waals surface area contributed by atoms with Gasteiger partial charge in [0.25, 0.3) is 0 Å². The molecule has 0 aliphatic rings. The van der Waals surface area contributed by atoms with E-state index in [9.17, 15) is 0 Å². The van der Waals surface area contributed by atoms with Gasteiger partial charge in [-0.05, 0) is 85.2 Å². The molecular formula is C34H48O3Si5. The third kappa shape index (κ3) is 8.26. The molecule has 0 unspecified atom stereocenters. The molecule has 4 aromatic carbocycles. The molecule has 3 nitrogen and oxygen atoms in total. The lowest BCUT2D eigenvalue weighted by Gasteiger charge is -2.43. The van der Waals surface area contributed by atoms with Gasteiger partial charge in [-0.3, -0.25) is 0 Å². The van der Waals surface area contributed by atoms with Crippen molar-refractivity contribution in [3.63, 3.8) is 0 Å². The van der Waals surface area contributed by atoms with Gasteiger partial charge in [0.1, 0.15) is 0 Å². The molecule has 4 aromatic rings. The second-order valence-electron chi connectivity index (χ2n) is 13.6. The molecule has 0 bridgehead atoms. The van der Waals surface area contributed by atoms with Crippen molar-refractivity contribution in [2.75, 3.05) is 0 Å². The highest BCUT2D eigenvalue weighted by Crippen LogP contribution is 2.29. The molecule has 8 heteroatoms. The lowest BCUT2D eigenvalue weighted by Crippen LogP contribution is -2.70. The summed E-state index contributed by atoms with van der Waals surface area (Å²) in [6.45, 7) is 18.8. The molecule has 0 saturated carbocycles. The lowest BCUT2D eigenvalue weighted by atomic mass is 10.4. The predicted octanol–water partition coefficient (Wildman–Crippen LogP) is 6.93. The Morgan fingerprint density at radius 2 is 0.690 bits per heavy atom. The van der Waals surface area contributed by atoms with E-state index < -0.39 is 41.8 Å². The van der Waals surface area contributed by atoms with Gasteiger partial charge in [0.2, 0.25) is 8.32 Å². The first-order valence-electron chi connectivity index (χ1n) is 15.1. The summed E-state index contributed by atoms with van der Waals surface area (Å²) in [7, 11) is -11.6. The predicted molar refractivity (Wildman–Crippen MR) is 193 cm³/mol. The molecule has 0 radical (unpaired) electrons. The van der Waals surface area contributed by atoms with Crippen LogP contribution in [0.25, 0.3) is 0 Å². The maximum Gasteiger partial charge on any atom is 0.386 e. The Labute approximate surface area is 259 Å². The smallest absolute Gasteiger partial charge is 0.386 e. The van der Waals surface area contributed by atoms with E-state index in [2.05, 4.69) is 174 Å². The number of hydrogen-bond donors (Lipinski definition) is 0. The lowest BCUT2D eigenvalue weighted by molar-refractivity contribution is 0.409. The first kappa shape index (κ1) is 32.8. The van der Waals surface area contributed by atoms with Crippen LogP contribution in [-0.4, -0.2) is 41.8 Å². The van der Waals surface area contributed by atoms with Crippen LogP contribution in [0.2, 0.25) is 64.5 Å². The summed E-state index contributed by atoms with van der Waals surface area (Å²) in [4.78, 5) is 0. The van der Waals surface area contributed by atoms with E-state index in [1.807, 2.05) is 0 Å². The summed E-state index contributed by atoms with van der Waals surface area (Å²) in [5, 5.41) is 5.04. The Kier molecular flexibility index (Phi) is 10.3. The van der Waals surface area contributed by atoms with Crippen LogP contribution in [0.4, 0.5) is 0 Å². The monoisotopic (exact) mass is 644 g/mol.